The molecule has 0 amide bonds. The Balaban J connectivity index is 1.91. The van der Waals surface area contributed by atoms with Gasteiger partial charge in [0, 0.05) is 35.3 Å². The average molecular weight is 319 g/mol. The molecule has 2 rings (SSSR count). The van der Waals surface area contributed by atoms with Gasteiger partial charge in [-0.25, -0.2) is 14.8 Å². The molecule has 2 aromatic rings. The largest absolute Gasteiger partial charge is 0.452 e. The summed E-state index contributed by atoms with van der Waals surface area (Å²) in [5.41, 5.74) is 2.21. The van der Waals surface area contributed by atoms with Crippen molar-refractivity contribution in [3.8, 4) is 0 Å². The predicted molar refractivity (Wildman–Crippen MR) is 80.6 cm³/mol. The Kier molecular flexibility index (Phi) is 5.05. The van der Waals surface area contributed by atoms with Gasteiger partial charge in [0.25, 0.3) is 5.69 Å². The molecule has 0 radical (unpaired) electrons. The van der Waals surface area contributed by atoms with E-state index in [1.807, 2.05) is 19.9 Å². The Morgan fingerprint density at radius 1 is 1.23 bits per heavy atom. The van der Waals surface area contributed by atoms with E-state index < -0.39 is 10.2 Å². The maximum absolute atomic E-state index is 11.7. The molecule has 0 atom stereocenters. The fourth-order valence-corrected chi connectivity index (χ4v) is 2.35. The minimum absolute atomic E-state index is 0.00640. The van der Waals surface area contributed by atoms with Crippen LogP contribution in [0.1, 0.15) is 17.0 Å². The predicted octanol–water partition coefficient (Wildman–Crippen LogP) is 3.43. The molecule has 7 nitrogen and oxygen atoms in total. The number of hydrogen-bond donors (Lipinski definition) is 0. The van der Waals surface area contributed by atoms with Crippen molar-refractivity contribution in [2.24, 2.45) is 0 Å². The summed E-state index contributed by atoms with van der Waals surface area (Å²) >= 11 is 0.808. The van der Waals surface area contributed by atoms with Crippen LogP contribution in [0.4, 0.5) is 10.5 Å². The van der Waals surface area contributed by atoms with Gasteiger partial charge in [0.1, 0.15) is 6.61 Å². The Morgan fingerprint density at radius 2 is 1.82 bits per heavy atom. The Hall–Kier alpha value is -2.48. The molecule has 0 saturated carbocycles. The van der Waals surface area contributed by atoms with Gasteiger partial charge in [0.15, 0.2) is 5.16 Å². The van der Waals surface area contributed by atoms with Gasteiger partial charge in [-0.15, -0.1) is 0 Å². The van der Waals surface area contributed by atoms with Crippen molar-refractivity contribution in [3.63, 3.8) is 0 Å². The van der Waals surface area contributed by atoms with E-state index in [-0.39, 0.29) is 12.3 Å². The molecule has 0 N–H and O–H groups in total. The summed E-state index contributed by atoms with van der Waals surface area (Å²) in [6.07, 6.45) is 0. The summed E-state index contributed by atoms with van der Waals surface area (Å²) in [6, 6.07) is 7.63. The number of non-ortho nitro benzene ring substituents is 1. The normalized spacial score (nSPS) is 10.3. The van der Waals surface area contributed by atoms with Crippen LogP contribution in [0.2, 0.25) is 0 Å². The number of hydrogen-bond acceptors (Lipinski definition) is 7. The summed E-state index contributed by atoms with van der Waals surface area (Å²) in [7, 11) is 0. The minimum atomic E-state index is -0.525. The van der Waals surface area contributed by atoms with Gasteiger partial charge >= 0.3 is 5.30 Å². The van der Waals surface area contributed by atoms with E-state index in [9.17, 15) is 14.9 Å². The fraction of sp³-hybridized carbons (Fsp3) is 0.214. The fourth-order valence-electron chi connectivity index (χ4n) is 1.70. The third-order valence-electron chi connectivity index (χ3n) is 2.64. The second-order valence-electron chi connectivity index (χ2n) is 4.50. The third kappa shape index (κ3) is 4.52. The number of aryl methyl sites for hydroxylation is 2. The topological polar surface area (TPSA) is 95.2 Å². The summed E-state index contributed by atoms with van der Waals surface area (Å²) in [6.45, 7) is 3.68. The minimum Gasteiger partial charge on any atom is -0.452 e. The number of thioether (sulfide) groups is 1. The van der Waals surface area contributed by atoms with E-state index in [1.165, 1.54) is 12.1 Å². The number of aromatic nitrogens is 2. The van der Waals surface area contributed by atoms with Crippen LogP contribution in [0.3, 0.4) is 0 Å². The zero-order valence-corrected chi connectivity index (χ0v) is 12.8. The summed E-state index contributed by atoms with van der Waals surface area (Å²) in [4.78, 5) is 30.1. The molecule has 1 heterocycles. The lowest BCUT2D eigenvalue weighted by Gasteiger charge is -2.04. The van der Waals surface area contributed by atoms with Crippen LogP contribution in [-0.2, 0) is 11.3 Å². The molecule has 0 bridgehead atoms. The Labute approximate surface area is 130 Å². The van der Waals surface area contributed by atoms with Gasteiger partial charge in [-0.2, -0.15) is 0 Å². The molecule has 1 aromatic heterocycles. The molecule has 0 fully saturated rings. The third-order valence-corrected chi connectivity index (χ3v) is 3.29. The number of rotatable bonds is 4. The van der Waals surface area contributed by atoms with Crippen LogP contribution in [0.15, 0.2) is 35.5 Å². The zero-order chi connectivity index (χ0) is 16.1. The van der Waals surface area contributed by atoms with E-state index in [0.29, 0.717) is 10.7 Å². The highest BCUT2D eigenvalue weighted by Gasteiger charge is 2.11. The summed E-state index contributed by atoms with van der Waals surface area (Å²) in [5, 5.41) is 10.4. The molecule has 0 spiro atoms. The van der Waals surface area contributed by atoms with Crippen LogP contribution in [-0.4, -0.2) is 20.2 Å². The number of nitro benzene ring substituents is 1. The van der Waals surface area contributed by atoms with Crippen LogP contribution in [0.5, 0.6) is 0 Å². The number of nitrogens with zero attached hydrogens (tertiary/aromatic N) is 3. The molecule has 0 unspecified atom stereocenters. The number of carbonyl (C=O) groups excluding carboxylic acids is 1. The van der Waals surface area contributed by atoms with E-state index in [1.54, 1.807) is 12.1 Å². The van der Waals surface area contributed by atoms with Crippen LogP contribution < -0.4 is 0 Å². The molecular weight excluding hydrogens is 306 g/mol. The van der Waals surface area contributed by atoms with Crippen molar-refractivity contribution in [2.45, 2.75) is 25.6 Å². The quantitative estimate of drug-likeness (QED) is 0.280. The number of benzene rings is 1. The average Bonchev–Trinajstić information content (AvgIpc) is 2.44. The highest BCUT2D eigenvalue weighted by atomic mass is 32.2. The van der Waals surface area contributed by atoms with Crippen molar-refractivity contribution in [1.29, 1.82) is 0 Å². The van der Waals surface area contributed by atoms with E-state index in [2.05, 4.69) is 9.97 Å². The van der Waals surface area contributed by atoms with Crippen molar-refractivity contribution in [1.82, 2.24) is 9.97 Å². The first kappa shape index (κ1) is 15.9. The second kappa shape index (κ2) is 6.99. The van der Waals surface area contributed by atoms with Crippen molar-refractivity contribution >= 4 is 22.8 Å². The monoisotopic (exact) mass is 319 g/mol. The van der Waals surface area contributed by atoms with Crippen molar-refractivity contribution in [3.05, 3.63) is 57.4 Å². The molecular formula is C14H13N3O4S. The first-order valence-electron chi connectivity index (χ1n) is 6.34. The number of carbonyl (C=O) groups is 1. The molecule has 0 saturated heterocycles. The standard InChI is InChI=1S/C14H13N3O4S/c1-9-7-10(2)16-13(15-9)22-14(18)21-8-11-3-5-12(6-4-11)17(19)20/h3-7H,8H2,1-2H3. The van der Waals surface area contributed by atoms with E-state index >= 15 is 0 Å². The molecule has 8 heteroatoms. The zero-order valence-electron chi connectivity index (χ0n) is 12.0. The van der Waals surface area contributed by atoms with Gasteiger partial charge in [0.2, 0.25) is 0 Å². The SMILES string of the molecule is Cc1cc(C)nc(SC(=O)OCc2ccc([N+](=O)[O-])cc2)n1. The Bertz CT molecular complexity index is 683. The van der Waals surface area contributed by atoms with Crippen molar-refractivity contribution < 1.29 is 14.5 Å². The van der Waals surface area contributed by atoms with Crippen LogP contribution in [0.25, 0.3) is 0 Å². The maximum atomic E-state index is 11.7. The van der Waals surface area contributed by atoms with Gasteiger partial charge < -0.3 is 4.74 Å². The molecule has 114 valence electrons. The first-order valence-corrected chi connectivity index (χ1v) is 7.16. The van der Waals surface area contributed by atoms with Gasteiger partial charge in [-0.05, 0) is 37.6 Å². The lowest BCUT2D eigenvalue weighted by Crippen LogP contribution is -2.01. The van der Waals surface area contributed by atoms with Crippen LogP contribution in [0, 0.1) is 24.0 Å². The van der Waals surface area contributed by atoms with E-state index in [0.717, 1.165) is 23.1 Å². The van der Waals surface area contributed by atoms with E-state index in [4.69, 9.17) is 4.74 Å². The van der Waals surface area contributed by atoms with Crippen LogP contribution >= 0.6 is 11.8 Å². The van der Waals surface area contributed by atoms with Gasteiger partial charge in [0.05, 0.1) is 4.92 Å². The molecule has 0 aliphatic heterocycles. The first-order chi connectivity index (χ1) is 10.4. The number of nitro groups is 1. The van der Waals surface area contributed by atoms with Gasteiger partial charge in [-0.1, -0.05) is 0 Å². The molecule has 0 aliphatic rings. The summed E-state index contributed by atoms with van der Waals surface area (Å²) < 4.78 is 5.09. The highest BCUT2D eigenvalue weighted by molar-refractivity contribution is 8.13. The smallest absolute Gasteiger partial charge is 0.375 e. The Morgan fingerprint density at radius 3 is 2.36 bits per heavy atom. The summed E-state index contributed by atoms with van der Waals surface area (Å²) in [5.74, 6) is 0. The lowest BCUT2D eigenvalue weighted by atomic mass is 10.2. The highest BCUT2D eigenvalue weighted by Crippen LogP contribution is 2.18. The lowest BCUT2D eigenvalue weighted by molar-refractivity contribution is -0.384. The maximum Gasteiger partial charge on any atom is 0.375 e. The molecule has 1 aromatic carbocycles. The second-order valence-corrected chi connectivity index (χ2v) is 5.40. The van der Waals surface area contributed by atoms with Gasteiger partial charge in [-0.3, -0.25) is 10.1 Å². The number of ether oxygens (including phenoxy) is 1. The molecule has 22 heavy (non-hydrogen) atoms. The molecule has 0 aliphatic carbocycles. The van der Waals surface area contributed by atoms with Crippen molar-refractivity contribution in [2.75, 3.05) is 0 Å².